The number of hydrogen-bond acceptors (Lipinski definition) is 3. The molecule has 0 atom stereocenters. The fraction of sp³-hybridized carbons (Fsp3) is 0. The molecule has 2 N–H and O–H groups in total. The summed E-state index contributed by atoms with van der Waals surface area (Å²) in [4.78, 5) is 11.8. The van der Waals surface area contributed by atoms with Gasteiger partial charge in [-0.1, -0.05) is 35.9 Å². The van der Waals surface area contributed by atoms with Crippen LogP contribution in [-0.2, 0) is 0 Å². The van der Waals surface area contributed by atoms with Gasteiger partial charge >= 0.3 is 0 Å². The number of aromatic hydroxyl groups is 2. The average Bonchev–Trinajstić information content (AvgIpc) is 2.40. The van der Waals surface area contributed by atoms with E-state index in [2.05, 4.69) is 0 Å². The highest BCUT2D eigenvalue weighted by molar-refractivity contribution is 6.32. The molecule has 0 spiro atoms. The van der Waals surface area contributed by atoms with Crippen LogP contribution in [0.1, 0.15) is 15.9 Å². The predicted molar refractivity (Wildman–Crippen MR) is 74.6 cm³/mol. The normalized spacial score (nSPS) is 10.8. The lowest BCUT2D eigenvalue weighted by atomic mass is 10.1. The molecule has 19 heavy (non-hydrogen) atoms. The predicted octanol–water partition coefficient (Wildman–Crippen LogP) is 3.65. The van der Waals surface area contributed by atoms with Crippen molar-refractivity contribution in [3.05, 3.63) is 64.7 Å². The summed E-state index contributed by atoms with van der Waals surface area (Å²) in [6.07, 6.45) is 2.98. The SMILES string of the molecule is O=C(C=Cc1ccc(O)c(Cl)c1)c1cccc(O)c1. The number of phenols is 2. The van der Waals surface area contributed by atoms with E-state index in [1.165, 1.54) is 24.3 Å². The minimum Gasteiger partial charge on any atom is -0.508 e. The minimum atomic E-state index is -0.222. The van der Waals surface area contributed by atoms with Gasteiger partial charge < -0.3 is 10.2 Å². The number of ketones is 1. The van der Waals surface area contributed by atoms with E-state index in [9.17, 15) is 15.0 Å². The molecule has 96 valence electrons. The molecule has 0 radical (unpaired) electrons. The quantitative estimate of drug-likeness (QED) is 0.663. The summed E-state index contributed by atoms with van der Waals surface area (Å²) in [5.74, 6) is -0.176. The second kappa shape index (κ2) is 5.59. The number of carbonyl (C=O) groups is 1. The molecule has 0 heterocycles. The first-order valence-electron chi connectivity index (χ1n) is 5.56. The molecular weight excluding hydrogens is 264 g/mol. The molecule has 0 fully saturated rings. The number of phenolic OH excluding ortho intramolecular Hbond substituents is 2. The monoisotopic (exact) mass is 274 g/mol. The highest BCUT2D eigenvalue weighted by Crippen LogP contribution is 2.24. The van der Waals surface area contributed by atoms with Crippen LogP contribution >= 0.6 is 11.6 Å². The number of rotatable bonds is 3. The van der Waals surface area contributed by atoms with Gasteiger partial charge in [0.1, 0.15) is 11.5 Å². The highest BCUT2D eigenvalue weighted by Gasteiger charge is 2.03. The minimum absolute atomic E-state index is 0.00174. The maximum Gasteiger partial charge on any atom is 0.185 e. The molecule has 0 saturated carbocycles. The Hall–Kier alpha value is -2.26. The summed E-state index contributed by atoms with van der Waals surface area (Å²) in [5, 5.41) is 18.8. The zero-order valence-corrected chi connectivity index (χ0v) is 10.6. The van der Waals surface area contributed by atoms with E-state index in [0.717, 1.165) is 0 Å². The summed E-state index contributed by atoms with van der Waals surface area (Å²) in [6.45, 7) is 0. The van der Waals surface area contributed by atoms with E-state index in [-0.39, 0.29) is 22.3 Å². The summed E-state index contributed by atoms with van der Waals surface area (Å²) < 4.78 is 0. The van der Waals surface area contributed by atoms with Crippen LogP contribution in [0, 0.1) is 0 Å². The summed E-state index contributed by atoms with van der Waals surface area (Å²) >= 11 is 5.77. The summed E-state index contributed by atoms with van der Waals surface area (Å²) in [7, 11) is 0. The van der Waals surface area contributed by atoms with Gasteiger partial charge in [-0.3, -0.25) is 4.79 Å². The third kappa shape index (κ3) is 3.36. The Morgan fingerprint density at radius 1 is 1.11 bits per heavy atom. The largest absolute Gasteiger partial charge is 0.508 e. The Balaban J connectivity index is 2.18. The molecule has 4 heteroatoms. The van der Waals surface area contributed by atoms with E-state index in [1.807, 2.05) is 0 Å². The molecule has 2 aromatic carbocycles. The summed E-state index contributed by atoms with van der Waals surface area (Å²) in [5.41, 5.74) is 1.11. The lowest BCUT2D eigenvalue weighted by Crippen LogP contribution is -1.93. The first kappa shape index (κ1) is 13.2. The van der Waals surface area contributed by atoms with Crippen molar-refractivity contribution < 1.29 is 15.0 Å². The van der Waals surface area contributed by atoms with Crippen LogP contribution in [-0.4, -0.2) is 16.0 Å². The van der Waals surface area contributed by atoms with Crippen LogP contribution in [0.5, 0.6) is 11.5 Å². The van der Waals surface area contributed by atoms with E-state index in [4.69, 9.17) is 11.6 Å². The molecule has 0 aliphatic rings. The number of hydrogen-bond donors (Lipinski definition) is 2. The van der Waals surface area contributed by atoms with Crippen LogP contribution in [0.25, 0.3) is 6.08 Å². The maximum atomic E-state index is 11.8. The lowest BCUT2D eigenvalue weighted by Gasteiger charge is -1.99. The zero-order chi connectivity index (χ0) is 13.8. The summed E-state index contributed by atoms with van der Waals surface area (Å²) in [6, 6.07) is 10.8. The van der Waals surface area contributed by atoms with Gasteiger partial charge in [0.2, 0.25) is 0 Å². The second-order valence-electron chi connectivity index (χ2n) is 3.96. The van der Waals surface area contributed by atoms with Gasteiger partial charge in [0.25, 0.3) is 0 Å². The first-order chi connectivity index (χ1) is 9.06. The van der Waals surface area contributed by atoms with Crippen molar-refractivity contribution in [1.29, 1.82) is 0 Å². The van der Waals surface area contributed by atoms with E-state index >= 15 is 0 Å². The van der Waals surface area contributed by atoms with Crippen molar-refractivity contribution in [3.63, 3.8) is 0 Å². The molecule has 2 rings (SSSR count). The van der Waals surface area contributed by atoms with E-state index in [0.29, 0.717) is 11.1 Å². The van der Waals surface area contributed by atoms with Gasteiger partial charge in [-0.15, -0.1) is 0 Å². The highest BCUT2D eigenvalue weighted by atomic mass is 35.5. The molecule has 0 aliphatic carbocycles. The first-order valence-corrected chi connectivity index (χ1v) is 5.94. The Bertz CT molecular complexity index is 648. The molecule has 2 aromatic rings. The van der Waals surface area contributed by atoms with Gasteiger partial charge in [-0.05, 0) is 35.9 Å². The van der Waals surface area contributed by atoms with Gasteiger partial charge in [-0.2, -0.15) is 0 Å². The van der Waals surface area contributed by atoms with Gasteiger partial charge in [-0.25, -0.2) is 0 Å². The van der Waals surface area contributed by atoms with Gasteiger partial charge in [0, 0.05) is 5.56 Å². The molecule has 0 unspecified atom stereocenters. The number of halogens is 1. The third-order valence-electron chi connectivity index (χ3n) is 2.53. The lowest BCUT2D eigenvalue weighted by molar-refractivity contribution is 0.104. The van der Waals surface area contributed by atoms with E-state index < -0.39 is 0 Å². The van der Waals surface area contributed by atoms with Crippen molar-refractivity contribution in [2.75, 3.05) is 0 Å². The van der Waals surface area contributed by atoms with Gasteiger partial charge in [0.15, 0.2) is 5.78 Å². The molecule has 0 aliphatic heterocycles. The Labute approximate surface area is 115 Å². The topological polar surface area (TPSA) is 57.5 Å². The van der Waals surface area contributed by atoms with Crippen LogP contribution in [0.15, 0.2) is 48.5 Å². The van der Waals surface area contributed by atoms with Gasteiger partial charge in [0.05, 0.1) is 5.02 Å². The smallest absolute Gasteiger partial charge is 0.185 e. The van der Waals surface area contributed by atoms with Crippen molar-refractivity contribution in [1.82, 2.24) is 0 Å². The molecule has 0 aromatic heterocycles. The number of allylic oxidation sites excluding steroid dienone is 1. The Morgan fingerprint density at radius 3 is 2.58 bits per heavy atom. The second-order valence-corrected chi connectivity index (χ2v) is 4.37. The average molecular weight is 275 g/mol. The van der Waals surface area contributed by atoms with Crippen molar-refractivity contribution in [2.24, 2.45) is 0 Å². The zero-order valence-electron chi connectivity index (χ0n) is 9.88. The number of benzene rings is 2. The van der Waals surface area contributed by atoms with Crippen LogP contribution in [0.3, 0.4) is 0 Å². The molecule has 0 saturated heterocycles. The standard InChI is InChI=1S/C15H11ClO3/c16-13-8-10(5-7-15(13)19)4-6-14(18)11-2-1-3-12(17)9-11/h1-9,17,19H. The van der Waals surface area contributed by atoms with Crippen molar-refractivity contribution >= 4 is 23.5 Å². The van der Waals surface area contributed by atoms with Crippen LogP contribution < -0.4 is 0 Å². The number of carbonyl (C=O) groups excluding carboxylic acids is 1. The van der Waals surface area contributed by atoms with Crippen LogP contribution in [0.4, 0.5) is 0 Å². The fourth-order valence-electron chi connectivity index (χ4n) is 1.55. The maximum absolute atomic E-state index is 11.8. The fourth-order valence-corrected chi connectivity index (χ4v) is 1.74. The third-order valence-corrected chi connectivity index (χ3v) is 2.83. The molecular formula is C15H11ClO3. The van der Waals surface area contributed by atoms with Crippen molar-refractivity contribution in [3.8, 4) is 11.5 Å². The molecule has 0 bridgehead atoms. The van der Waals surface area contributed by atoms with Crippen molar-refractivity contribution in [2.45, 2.75) is 0 Å². The Morgan fingerprint density at radius 2 is 1.89 bits per heavy atom. The molecule has 0 amide bonds. The van der Waals surface area contributed by atoms with Crippen LogP contribution in [0.2, 0.25) is 5.02 Å². The van der Waals surface area contributed by atoms with E-state index in [1.54, 1.807) is 30.3 Å². The Kier molecular flexibility index (Phi) is 3.88. The molecule has 3 nitrogen and oxygen atoms in total.